The van der Waals surface area contributed by atoms with Gasteiger partial charge in [-0.2, -0.15) is 0 Å². The summed E-state index contributed by atoms with van der Waals surface area (Å²) in [7, 11) is 0. The topological polar surface area (TPSA) is 12.0 Å². The third-order valence-electron chi connectivity index (χ3n) is 2.90. The van der Waals surface area contributed by atoms with Crippen LogP contribution in [0.5, 0.6) is 0 Å². The van der Waals surface area contributed by atoms with Crippen LogP contribution in [0.25, 0.3) is 0 Å². The molecule has 0 aliphatic heterocycles. The minimum absolute atomic E-state index is 0.152. The smallest absolute Gasteiger partial charge is 0.125 e. The van der Waals surface area contributed by atoms with Crippen molar-refractivity contribution in [2.45, 2.75) is 19.5 Å². The summed E-state index contributed by atoms with van der Waals surface area (Å²) in [4.78, 5) is 0. The van der Waals surface area contributed by atoms with Gasteiger partial charge in [0.1, 0.15) is 5.82 Å². The van der Waals surface area contributed by atoms with Crippen LogP contribution >= 0.6 is 23.2 Å². The van der Waals surface area contributed by atoms with Crippen molar-refractivity contribution in [1.29, 1.82) is 0 Å². The van der Waals surface area contributed by atoms with E-state index in [4.69, 9.17) is 23.2 Å². The second-order valence-electron chi connectivity index (χ2n) is 4.43. The van der Waals surface area contributed by atoms with E-state index in [1.54, 1.807) is 6.07 Å². The van der Waals surface area contributed by atoms with E-state index in [0.29, 0.717) is 16.6 Å². The van der Waals surface area contributed by atoms with E-state index in [-0.39, 0.29) is 11.9 Å². The molecule has 0 bridgehead atoms. The van der Waals surface area contributed by atoms with Crippen LogP contribution < -0.4 is 5.32 Å². The number of hydrogen-bond donors (Lipinski definition) is 1. The Balaban J connectivity index is 1.99. The fraction of sp³-hybridized carbons (Fsp3) is 0.200. The molecule has 0 spiro atoms. The van der Waals surface area contributed by atoms with Gasteiger partial charge in [-0.3, -0.25) is 0 Å². The van der Waals surface area contributed by atoms with Gasteiger partial charge in [0.15, 0.2) is 0 Å². The highest BCUT2D eigenvalue weighted by molar-refractivity contribution is 6.30. The maximum Gasteiger partial charge on any atom is 0.125 e. The highest BCUT2D eigenvalue weighted by atomic mass is 35.5. The van der Waals surface area contributed by atoms with Crippen LogP contribution in [0, 0.1) is 5.82 Å². The molecule has 1 nitrogen and oxygen atoms in total. The number of hydrogen-bond acceptors (Lipinski definition) is 1. The predicted octanol–water partition coefficient (Wildman–Crippen LogP) is 4.98. The third kappa shape index (κ3) is 4.20. The molecule has 1 N–H and O–H groups in total. The summed E-state index contributed by atoms with van der Waals surface area (Å²) in [5.74, 6) is -0.316. The fourth-order valence-corrected chi connectivity index (χ4v) is 2.22. The Morgan fingerprint density at radius 3 is 2.37 bits per heavy atom. The van der Waals surface area contributed by atoms with Crippen molar-refractivity contribution in [3.8, 4) is 0 Å². The molecule has 0 saturated heterocycles. The molecule has 0 aliphatic carbocycles. The lowest BCUT2D eigenvalue weighted by Gasteiger charge is -2.14. The van der Waals surface area contributed by atoms with Gasteiger partial charge in [0, 0.05) is 22.6 Å². The highest BCUT2D eigenvalue weighted by Crippen LogP contribution is 2.18. The monoisotopic (exact) mass is 297 g/mol. The number of nitrogens with one attached hydrogen (secondary N) is 1. The van der Waals surface area contributed by atoms with Crippen LogP contribution in [0.1, 0.15) is 24.1 Å². The van der Waals surface area contributed by atoms with Crippen molar-refractivity contribution in [2.75, 3.05) is 0 Å². The van der Waals surface area contributed by atoms with Gasteiger partial charge in [-0.05, 0) is 48.4 Å². The molecule has 2 aromatic carbocycles. The highest BCUT2D eigenvalue weighted by Gasteiger charge is 2.06. The van der Waals surface area contributed by atoms with Crippen LogP contribution in [0.3, 0.4) is 0 Å². The largest absolute Gasteiger partial charge is 0.306 e. The molecule has 0 radical (unpaired) electrons. The minimum atomic E-state index is -0.316. The summed E-state index contributed by atoms with van der Waals surface area (Å²) in [5, 5.41) is 4.45. The van der Waals surface area contributed by atoms with Crippen LogP contribution in [-0.4, -0.2) is 0 Å². The Hall–Kier alpha value is -1.09. The second-order valence-corrected chi connectivity index (χ2v) is 5.30. The summed E-state index contributed by atoms with van der Waals surface area (Å²) in [6.07, 6.45) is 0. The first kappa shape index (κ1) is 14.3. The summed E-state index contributed by atoms with van der Waals surface area (Å²) in [5.41, 5.74) is 1.96. The Kier molecular flexibility index (Phi) is 4.81. The normalized spacial score (nSPS) is 12.4. The van der Waals surface area contributed by atoms with Gasteiger partial charge >= 0.3 is 0 Å². The summed E-state index contributed by atoms with van der Waals surface area (Å²) in [6, 6.07) is 12.3. The molecule has 1 atom stereocenters. The molecule has 0 amide bonds. The van der Waals surface area contributed by atoms with E-state index >= 15 is 0 Å². The lowest BCUT2D eigenvalue weighted by molar-refractivity contribution is 0.569. The lowest BCUT2D eigenvalue weighted by Crippen LogP contribution is -2.18. The zero-order chi connectivity index (χ0) is 13.8. The molecule has 19 heavy (non-hydrogen) atoms. The van der Waals surface area contributed by atoms with E-state index in [9.17, 15) is 4.39 Å². The molecular weight excluding hydrogens is 284 g/mol. The molecule has 4 heteroatoms. The average Bonchev–Trinajstić information content (AvgIpc) is 2.36. The average molecular weight is 298 g/mol. The van der Waals surface area contributed by atoms with E-state index in [0.717, 1.165) is 11.1 Å². The number of benzene rings is 2. The molecule has 100 valence electrons. The molecule has 1 unspecified atom stereocenters. The van der Waals surface area contributed by atoms with Crippen LogP contribution in [0.4, 0.5) is 4.39 Å². The van der Waals surface area contributed by atoms with Gasteiger partial charge in [0.2, 0.25) is 0 Å². The first-order valence-corrected chi connectivity index (χ1v) is 6.74. The minimum Gasteiger partial charge on any atom is -0.306 e. The number of halogens is 3. The molecule has 0 saturated carbocycles. The van der Waals surface area contributed by atoms with Crippen molar-refractivity contribution in [2.24, 2.45) is 0 Å². The van der Waals surface area contributed by atoms with Gasteiger partial charge < -0.3 is 5.32 Å². The quantitative estimate of drug-likeness (QED) is 0.839. The number of rotatable bonds is 4. The zero-order valence-electron chi connectivity index (χ0n) is 10.5. The molecular formula is C15H14Cl2FN. The van der Waals surface area contributed by atoms with Gasteiger partial charge in [-0.1, -0.05) is 35.3 Å². The van der Waals surface area contributed by atoms with Crippen molar-refractivity contribution >= 4 is 23.2 Å². The molecule has 2 rings (SSSR count). The van der Waals surface area contributed by atoms with Crippen molar-refractivity contribution in [1.82, 2.24) is 5.32 Å². The molecule has 0 aliphatic rings. The summed E-state index contributed by atoms with van der Waals surface area (Å²) in [6.45, 7) is 2.60. The van der Waals surface area contributed by atoms with E-state index < -0.39 is 0 Å². The molecule has 0 aromatic heterocycles. The molecule has 0 fully saturated rings. The van der Waals surface area contributed by atoms with E-state index in [1.807, 2.05) is 31.2 Å². The van der Waals surface area contributed by atoms with Crippen LogP contribution in [0.15, 0.2) is 42.5 Å². The van der Waals surface area contributed by atoms with Gasteiger partial charge in [0.05, 0.1) is 0 Å². The maximum atomic E-state index is 13.2. The van der Waals surface area contributed by atoms with Gasteiger partial charge in [-0.15, -0.1) is 0 Å². The second kappa shape index (κ2) is 6.38. The Labute approximate surface area is 122 Å². The van der Waals surface area contributed by atoms with Crippen molar-refractivity contribution in [3.05, 3.63) is 69.5 Å². The first-order chi connectivity index (χ1) is 9.04. The van der Waals surface area contributed by atoms with E-state index in [1.165, 1.54) is 12.1 Å². The van der Waals surface area contributed by atoms with Crippen molar-refractivity contribution < 1.29 is 4.39 Å². The van der Waals surface area contributed by atoms with Gasteiger partial charge in [0.25, 0.3) is 0 Å². The Morgan fingerprint density at radius 1 is 1.05 bits per heavy atom. The third-order valence-corrected chi connectivity index (χ3v) is 3.37. The standard InChI is InChI=1S/C15H14Cl2FN/c1-10(12-2-4-13(16)5-3-12)19-9-11-6-14(17)8-15(18)7-11/h2-8,10,19H,9H2,1H3. The van der Waals surface area contributed by atoms with Gasteiger partial charge in [-0.25, -0.2) is 4.39 Å². The Bertz CT molecular complexity index is 534. The summed E-state index contributed by atoms with van der Waals surface area (Å²) >= 11 is 11.7. The van der Waals surface area contributed by atoms with E-state index in [2.05, 4.69) is 5.32 Å². The maximum absolute atomic E-state index is 13.2. The Morgan fingerprint density at radius 2 is 1.74 bits per heavy atom. The predicted molar refractivity (Wildman–Crippen MR) is 78.1 cm³/mol. The molecule has 0 heterocycles. The molecule has 2 aromatic rings. The summed E-state index contributed by atoms with van der Waals surface area (Å²) < 4.78 is 13.2. The lowest BCUT2D eigenvalue weighted by atomic mass is 10.1. The first-order valence-electron chi connectivity index (χ1n) is 5.98. The van der Waals surface area contributed by atoms with Crippen molar-refractivity contribution in [3.63, 3.8) is 0 Å². The van der Waals surface area contributed by atoms with Crippen LogP contribution in [0.2, 0.25) is 10.0 Å². The van der Waals surface area contributed by atoms with Crippen LogP contribution in [-0.2, 0) is 6.54 Å². The zero-order valence-corrected chi connectivity index (χ0v) is 12.0. The fourth-order valence-electron chi connectivity index (χ4n) is 1.85. The SMILES string of the molecule is CC(NCc1cc(F)cc(Cl)c1)c1ccc(Cl)cc1.